The van der Waals surface area contributed by atoms with Gasteiger partial charge in [0.05, 0.1) is 6.61 Å². The average molecular weight is 496 g/mol. The minimum absolute atomic E-state index is 0.0555. The Labute approximate surface area is 215 Å². The molecule has 3 rings (SSSR count). The molecule has 0 heterocycles. The molecule has 0 saturated carbocycles. The molecule has 1 aliphatic carbocycles. The van der Waals surface area contributed by atoms with Gasteiger partial charge in [0.2, 0.25) is 0 Å². The number of hydrogen-bond acceptors (Lipinski definition) is 5. The normalized spacial score (nSPS) is 12.1. The fourth-order valence-corrected chi connectivity index (χ4v) is 4.63. The second-order valence-electron chi connectivity index (χ2n) is 9.31. The molecule has 1 amide bonds. The third-order valence-electron chi connectivity index (χ3n) is 6.55. The lowest BCUT2D eigenvalue weighted by molar-refractivity contribution is -0.145. The number of nitrogens with one attached hydrogen (secondary N) is 1. The number of esters is 1. The van der Waals surface area contributed by atoms with E-state index in [1.165, 1.54) is 54.4 Å². The van der Waals surface area contributed by atoms with Crippen LogP contribution in [0.4, 0.5) is 4.79 Å². The Morgan fingerprint density at radius 3 is 2.08 bits per heavy atom. The maximum Gasteiger partial charge on any atom is 0.407 e. The zero-order valence-corrected chi connectivity index (χ0v) is 21.6. The minimum Gasteiger partial charge on any atom is -0.463 e. The van der Waals surface area contributed by atoms with Crippen molar-refractivity contribution in [3.05, 3.63) is 59.7 Å². The van der Waals surface area contributed by atoms with Gasteiger partial charge in [-0.25, -0.2) is 4.79 Å². The van der Waals surface area contributed by atoms with Gasteiger partial charge in [0.25, 0.3) is 0 Å². The van der Waals surface area contributed by atoms with Gasteiger partial charge in [-0.1, -0.05) is 94.0 Å². The highest BCUT2D eigenvalue weighted by Gasteiger charge is 2.28. The number of hydrogen-bond donors (Lipinski definition) is 1. The van der Waals surface area contributed by atoms with E-state index in [2.05, 4.69) is 36.5 Å². The highest BCUT2D eigenvalue weighted by atomic mass is 16.6. The van der Waals surface area contributed by atoms with Crippen LogP contribution in [-0.2, 0) is 19.0 Å². The summed E-state index contributed by atoms with van der Waals surface area (Å²) in [6.07, 6.45) is 9.01. The van der Waals surface area contributed by atoms with Crippen LogP contribution in [0.5, 0.6) is 0 Å². The second kappa shape index (κ2) is 16.0. The van der Waals surface area contributed by atoms with E-state index in [1.807, 2.05) is 24.3 Å². The van der Waals surface area contributed by atoms with Gasteiger partial charge >= 0.3 is 12.1 Å². The molecule has 2 aromatic rings. The summed E-state index contributed by atoms with van der Waals surface area (Å²) in [5.74, 6) is -0.0935. The third-order valence-corrected chi connectivity index (χ3v) is 6.55. The number of carbonyl (C=O) groups excluding carboxylic acids is 2. The molecule has 196 valence electrons. The Morgan fingerprint density at radius 2 is 1.39 bits per heavy atom. The molecule has 0 aliphatic heterocycles. The van der Waals surface area contributed by atoms with Crippen molar-refractivity contribution in [1.29, 1.82) is 0 Å². The van der Waals surface area contributed by atoms with Crippen LogP contribution in [0.25, 0.3) is 11.1 Å². The predicted molar refractivity (Wildman–Crippen MR) is 142 cm³/mol. The van der Waals surface area contributed by atoms with E-state index in [0.29, 0.717) is 39.2 Å². The van der Waals surface area contributed by atoms with Crippen LogP contribution in [0.3, 0.4) is 0 Å². The van der Waals surface area contributed by atoms with E-state index in [4.69, 9.17) is 14.2 Å². The van der Waals surface area contributed by atoms with Crippen LogP contribution in [0.15, 0.2) is 48.5 Å². The number of fused-ring (bicyclic) bond motifs is 3. The highest BCUT2D eigenvalue weighted by molar-refractivity contribution is 5.79. The molecule has 1 aliphatic rings. The molecule has 0 bridgehead atoms. The first-order chi connectivity index (χ1) is 17.7. The first-order valence-electron chi connectivity index (χ1n) is 13.5. The van der Waals surface area contributed by atoms with Crippen LogP contribution < -0.4 is 5.32 Å². The van der Waals surface area contributed by atoms with Crippen LogP contribution in [0.1, 0.15) is 81.8 Å². The van der Waals surface area contributed by atoms with Crippen molar-refractivity contribution in [1.82, 2.24) is 5.32 Å². The molecule has 0 unspecified atom stereocenters. The van der Waals surface area contributed by atoms with Gasteiger partial charge in [-0.2, -0.15) is 0 Å². The number of amides is 1. The van der Waals surface area contributed by atoms with Crippen molar-refractivity contribution < 1.29 is 23.8 Å². The zero-order valence-electron chi connectivity index (χ0n) is 21.6. The third kappa shape index (κ3) is 8.98. The summed E-state index contributed by atoms with van der Waals surface area (Å²) in [6.45, 7) is 4.11. The van der Waals surface area contributed by atoms with Crippen molar-refractivity contribution in [3.8, 4) is 11.1 Å². The van der Waals surface area contributed by atoms with Gasteiger partial charge < -0.3 is 19.5 Å². The van der Waals surface area contributed by atoms with Crippen molar-refractivity contribution in [2.24, 2.45) is 0 Å². The fourth-order valence-electron chi connectivity index (χ4n) is 4.63. The molecule has 0 aromatic heterocycles. The summed E-state index contributed by atoms with van der Waals surface area (Å²) in [5, 5.41) is 2.78. The average Bonchev–Trinajstić information content (AvgIpc) is 3.22. The quantitative estimate of drug-likeness (QED) is 0.197. The molecule has 6 heteroatoms. The maximum atomic E-state index is 12.2. The van der Waals surface area contributed by atoms with Crippen LogP contribution in [-0.4, -0.2) is 45.0 Å². The molecule has 6 nitrogen and oxygen atoms in total. The van der Waals surface area contributed by atoms with E-state index < -0.39 is 6.09 Å². The van der Waals surface area contributed by atoms with Crippen molar-refractivity contribution in [2.45, 2.75) is 70.6 Å². The summed E-state index contributed by atoms with van der Waals surface area (Å²) in [4.78, 5) is 23.9. The Balaban J connectivity index is 1.18. The van der Waals surface area contributed by atoms with E-state index in [-0.39, 0.29) is 18.5 Å². The van der Waals surface area contributed by atoms with E-state index >= 15 is 0 Å². The van der Waals surface area contributed by atoms with E-state index in [0.717, 1.165) is 12.8 Å². The number of rotatable bonds is 17. The molecule has 0 saturated heterocycles. The van der Waals surface area contributed by atoms with Crippen LogP contribution in [0.2, 0.25) is 0 Å². The topological polar surface area (TPSA) is 73.9 Å². The largest absolute Gasteiger partial charge is 0.463 e. The summed E-state index contributed by atoms with van der Waals surface area (Å²) in [6, 6.07) is 16.6. The van der Waals surface area contributed by atoms with E-state index in [9.17, 15) is 9.59 Å². The lowest BCUT2D eigenvalue weighted by Gasteiger charge is -2.14. The van der Waals surface area contributed by atoms with Crippen molar-refractivity contribution in [3.63, 3.8) is 0 Å². The minimum atomic E-state index is -0.420. The molecule has 0 atom stereocenters. The van der Waals surface area contributed by atoms with E-state index in [1.54, 1.807) is 0 Å². The molecular weight excluding hydrogens is 454 g/mol. The number of ether oxygens (including phenoxy) is 3. The number of unbranched alkanes of at least 4 members (excludes halogenated alkanes) is 6. The van der Waals surface area contributed by atoms with Crippen molar-refractivity contribution in [2.75, 3.05) is 33.0 Å². The Morgan fingerprint density at radius 1 is 0.750 bits per heavy atom. The smallest absolute Gasteiger partial charge is 0.407 e. The number of benzene rings is 2. The summed E-state index contributed by atoms with van der Waals surface area (Å²) in [7, 11) is 0. The molecule has 36 heavy (non-hydrogen) atoms. The molecule has 2 aromatic carbocycles. The first-order valence-corrected chi connectivity index (χ1v) is 13.5. The molecule has 1 N–H and O–H groups in total. The summed E-state index contributed by atoms with van der Waals surface area (Å²) in [5.41, 5.74) is 4.82. The van der Waals surface area contributed by atoms with Gasteiger partial charge in [-0.3, -0.25) is 4.79 Å². The predicted octanol–water partition coefficient (Wildman–Crippen LogP) is 6.62. The molecule has 0 spiro atoms. The molecule has 0 radical (unpaired) electrons. The second-order valence-corrected chi connectivity index (χ2v) is 9.31. The lowest BCUT2D eigenvalue weighted by Crippen LogP contribution is -2.27. The van der Waals surface area contributed by atoms with Crippen LogP contribution in [0, 0.1) is 0 Å². The zero-order chi connectivity index (χ0) is 25.4. The van der Waals surface area contributed by atoms with Crippen molar-refractivity contribution >= 4 is 12.1 Å². The first kappa shape index (κ1) is 27.7. The van der Waals surface area contributed by atoms with Gasteiger partial charge in [-0.05, 0) is 35.1 Å². The highest BCUT2D eigenvalue weighted by Crippen LogP contribution is 2.44. The molecular formula is C30H41NO5. The maximum absolute atomic E-state index is 12.2. The van der Waals surface area contributed by atoms with Gasteiger partial charge in [0.15, 0.2) is 0 Å². The summed E-state index contributed by atoms with van der Waals surface area (Å²) >= 11 is 0. The monoisotopic (exact) mass is 495 g/mol. The SMILES string of the molecule is CCCCCCCCCC(=O)OCCOCCCNC(=O)OCC1c2ccccc2-c2ccccc21. The number of carbonyl (C=O) groups is 2. The van der Waals surface area contributed by atoms with Gasteiger partial charge in [-0.15, -0.1) is 0 Å². The Hall–Kier alpha value is -2.86. The Bertz CT molecular complexity index is 899. The van der Waals surface area contributed by atoms with Gasteiger partial charge in [0.1, 0.15) is 13.2 Å². The fraction of sp³-hybridized carbons (Fsp3) is 0.533. The van der Waals surface area contributed by atoms with Gasteiger partial charge in [0, 0.05) is 25.5 Å². The Kier molecular flexibility index (Phi) is 12.3. The van der Waals surface area contributed by atoms with Crippen LogP contribution >= 0.6 is 0 Å². The standard InChI is InChI=1S/C30H41NO5/c1-2-3-4-5-6-7-8-18-29(32)35-22-21-34-20-13-19-31-30(33)36-23-28-26-16-11-9-14-24(26)25-15-10-12-17-27(25)28/h9-12,14-17,28H,2-8,13,18-23H2,1H3,(H,31,33). The lowest BCUT2D eigenvalue weighted by atomic mass is 9.98. The number of alkyl carbamates (subject to hydrolysis) is 1. The summed E-state index contributed by atoms with van der Waals surface area (Å²) < 4.78 is 16.2. The molecule has 0 fully saturated rings.